The Hall–Kier alpha value is -1.39. The first-order valence-electron chi connectivity index (χ1n) is 6.77. The van der Waals surface area contributed by atoms with Gasteiger partial charge in [-0.15, -0.1) is 0 Å². The quantitative estimate of drug-likeness (QED) is 0.826. The Bertz CT molecular complexity index is 580. The first kappa shape index (κ1) is 15.0. The van der Waals surface area contributed by atoms with E-state index in [1.807, 2.05) is 19.2 Å². The van der Waals surface area contributed by atoms with Crippen molar-refractivity contribution >= 4 is 11.6 Å². The highest BCUT2D eigenvalue weighted by atomic mass is 35.5. The van der Waals surface area contributed by atoms with Gasteiger partial charge in [0.1, 0.15) is 11.6 Å². The molecule has 3 nitrogen and oxygen atoms in total. The number of aromatic nitrogens is 2. The van der Waals surface area contributed by atoms with Gasteiger partial charge in [0.05, 0.1) is 10.7 Å². The molecule has 1 heterocycles. The molecule has 2 rings (SSSR count). The summed E-state index contributed by atoms with van der Waals surface area (Å²) >= 11 is 5.71. The molecular formula is C15H19ClFN3. The van der Waals surface area contributed by atoms with Crippen molar-refractivity contribution < 1.29 is 4.39 Å². The lowest BCUT2D eigenvalue weighted by molar-refractivity contribution is 0.611. The van der Waals surface area contributed by atoms with E-state index in [2.05, 4.69) is 21.8 Å². The molecule has 0 unspecified atom stereocenters. The second-order valence-corrected chi connectivity index (χ2v) is 5.22. The van der Waals surface area contributed by atoms with Crippen LogP contribution >= 0.6 is 11.6 Å². The summed E-state index contributed by atoms with van der Waals surface area (Å²) in [6.07, 6.45) is 2.96. The summed E-state index contributed by atoms with van der Waals surface area (Å²) in [7, 11) is 0. The lowest BCUT2D eigenvalue weighted by Gasteiger charge is -2.11. The van der Waals surface area contributed by atoms with Crippen molar-refractivity contribution in [1.82, 2.24) is 14.9 Å². The first-order chi connectivity index (χ1) is 9.61. The molecule has 108 valence electrons. The van der Waals surface area contributed by atoms with Crippen molar-refractivity contribution in [2.45, 2.75) is 33.4 Å². The third kappa shape index (κ3) is 3.58. The van der Waals surface area contributed by atoms with Crippen LogP contribution in [0.1, 0.15) is 30.4 Å². The third-order valence-corrected chi connectivity index (χ3v) is 3.50. The second kappa shape index (κ2) is 6.86. The molecule has 0 radical (unpaired) electrons. The van der Waals surface area contributed by atoms with Crippen LogP contribution in [0.4, 0.5) is 4.39 Å². The van der Waals surface area contributed by atoms with E-state index in [-0.39, 0.29) is 10.8 Å². The molecule has 20 heavy (non-hydrogen) atoms. The maximum Gasteiger partial charge on any atom is 0.142 e. The van der Waals surface area contributed by atoms with E-state index < -0.39 is 0 Å². The lowest BCUT2D eigenvalue weighted by atomic mass is 10.2. The zero-order chi connectivity index (χ0) is 14.5. The van der Waals surface area contributed by atoms with E-state index in [1.165, 1.54) is 6.07 Å². The predicted molar refractivity (Wildman–Crippen MR) is 79.5 cm³/mol. The summed E-state index contributed by atoms with van der Waals surface area (Å²) in [5.74, 6) is 0.543. The topological polar surface area (TPSA) is 29.9 Å². The molecular weight excluding hydrogens is 277 g/mol. The first-order valence-corrected chi connectivity index (χ1v) is 7.15. The second-order valence-electron chi connectivity index (χ2n) is 4.81. The normalized spacial score (nSPS) is 11.0. The molecule has 0 aliphatic carbocycles. The summed E-state index contributed by atoms with van der Waals surface area (Å²) in [5, 5.41) is 3.51. The van der Waals surface area contributed by atoms with Crippen LogP contribution in [0.25, 0.3) is 0 Å². The van der Waals surface area contributed by atoms with Gasteiger partial charge in [-0.2, -0.15) is 0 Å². The number of hydrogen-bond donors (Lipinski definition) is 1. The van der Waals surface area contributed by atoms with E-state index >= 15 is 0 Å². The summed E-state index contributed by atoms with van der Waals surface area (Å²) in [4.78, 5) is 4.33. The van der Waals surface area contributed by atoms with Crippen molar-refractivity contribution in [3.8, 4) is 0 Å². The molecule has 0 saturated heterocycles. The highest BCUT2D eigenvalue weighted by molar-refractivity contribution is 6.30. The third-order valence-electron chi connectivity index (χ3n) is 3.20. The van der Waals surface area contributed by atoms with Crippen molar-refractivity contribution in [3.05, 3.63) is 52.3 Å². The summed E-state index contributed by atoms with van der Waals surface area (Å²) < 4.78 is 15.6. The van der Waals surface area contributed by atoms with Gasteiger partial charge in [-0.1, -0.05) is 24.6 Å². The zero-order valence-electron chi connectivity index (χ0n) is 11.8. The Labute approximate surface area is 123 Å². The highest BCUT2D eigenvalue weighted by Crippen LogP contribution is 2.17. The smallest absolute Gasteiger partial charge is 0.142 e. The summed E-state index contributed by atoms with van der Waals surface area (Å²) in [5.41, 5.74) is 1.98. The molecule has 2 aromatic rings. The zero-order valence-corrected chi connectivity index (χ0v) is 12.5. The molecule has 0 fully saturated rings. The standard InChI is InChI=1S/C15H19ClFN3/c1-3-6-18-8-13-9-19-11(2)20(13)10-12-4-5-14(16)15(17)7-12/h4-5,7,9,18H,3,6,8,10H2,1-2H3. The molecule has 5 heteroatoms. The molecule has 0 aliphatic heterocycles. The minimum atomic E-state index is -0.382. The van der Waals surface area contributed by atoms with Crippen LogP contribution in [-0.4, -0.2) is 16.1 Å². The van der Waals surface area contributed by atoms with Gasteiger partial charge >= 0.3 is 0 Å². The molecule has 0 bridgehead atoms. The molecule has 0 saturated carbocycles. The molecule has 0 spiro atoms. The maximum absolute atomic E-state index is 13.5. The highest BCUT2D eigenvalue weighted by Gasteiger charge is 2.08. The fraction of sp³-hybridized carbons (Fsp3) is 0.400. The molecule has 0 amide bonds. The minimum Gasteiger partial charge on any atom is -0.327 e. The fourth-order valence-corrected chi connectivity index (χ4v) is 2.20. The Morgan fingerprint density at radius 2 is 2.20 bits per heavy atom. The molecule has 1 N–H and O–H groups in total. The van der Waals surface area contributed by atoms with Crippen LogP contribution in [0.5, 0.6) is 0 Å². The van der Waals surface area contributed by atoms with E-state index in [4.69, 9.17) is 11.6 Å². The minimum absolute atomic E-state index is 0.154. The van der Waals surface area contributed by atoms with Crippen molar-refractivity contribution in [2.24, 2.45) is 0 Å². The van der Waals surface area contributed by atoms with Gasteiger partial charge in [-0.25, -0.2) is 9.37 Å². The number of hydrogen-bond acceptors (Lipinski definition) is 2. The van der Waals surface area contributed by atoms with Crippen LogP contribution in [0, 0.1) is 12.7 Å². The van der Waals surface area contributed by atoms with Crippen LogP contribution < -0.4 is 5.32 Å². The Kier molecular flexibility index (Phi) is 5.15. The Balaban J connectivity index is 2.15. The van der Waals surface area contributed by atoms with Gasteiger partial charge in [0, 0.05) is 19.3 Å². The van der Waals surface area contributed by atoms with Gasteiger partial charge in [0.15, 0.2) is 0 Å². The van der Waals surface area contributed by atoms with E-state index in [0.29, 0.717) is 6.54 Å². The number of nitrogens with zero attached hydrogens (tertiary/aromatic N) is 2. The van der Waals surface area contributed by atoms with Crippen LogP contribution in [0.3, 0.4) is 0 Å². The molecule has 1 aromatic heterocycles. The monoisotopic (exact) mass is 295 g/mol. The van der Waals surface area contributed by atoms with Crippen LogP contribution in [0.15, 0.2) is 24.4 Å². The van der Waals surface area contributed by atoms with Gasteiger partial charge in [0.25, 0.3) is 0 Å². The largest absolute Gasteiger partial charge is 0.327 e. The molecule has 1 aromatic carbocycles. The van der Waals surface area contributed by atoms with Crippen molar-refractivity contribution in [2.75, 3.05) is 6.54 Å². The summed E-state index contributed by atoms with van der Waals surface area (Å²) in [6, 6.07) is 4.91. The molecule has 0 aliphatic rings. The number of benzene rings is 1. The number of halogens is 2. The van der Waals surface area contributed by atoms with Crippen molar-refractivity contribution in [3.63, 3.8) is 0 Å². The van der Waals surface area contributed by atoms with E-state index in [9.17, 15) is 4.39 Å². The predicted octanol–water partition coefficient (Wildman–Crippen LogP) is 3.53. The fourth-order valence-electron chi connectivity index (χ4n) is 2.09. The van der Waals surface area contributed by atoms with Gasteiger partial charge in [0.2, 0.25) is 0 Å². The Morgan fingerprint density at radius 1 is 1.40 bits per heavy atom. The van der Waals surface area contributed by atoms with Gasteiger partial charge in [-0.05, 0) is 37.6 Å². The van der Waals surface area contributed by atoms with Crippen molar-refractivity contribution in [1.29, 1.82) is 0 Å². The van der Waals surface area contributed by atoms with Crippen LogP contribution in [-0.2, 0) is 13.1 Å². The maximum atomic E-state index is 13.5. The number of aryl methyl sites for hydroxylation is 1. The van der Waals surface area contributed by atoms with Gasteiger partial charge in [-0.3, -0.25) is 0 Å². The van der Waals surface area contributed by atoms with Crippen LogP contribution in [0.2, 0.25) is 5.02 Å². The van der Waals surface area contributed by atoms with E-state index in [1.54, 1.807) is 6.07 Å². The average molecular weight is 296 g/mol. The van der Waals surface area contributed by atoms with E-state index in [0.717, 1.165) is 36.6 Å². The summed E-state index contributed by atoms with van der Waals surface area (Å²) in [6.45, 7) is 6.43. The molecule has 0 atom stereocenters. The number of rotatable bonds is 6. The average Bonchev–Trinajstić information content (AvgIpc) is 2.76. The Morgan fingerprint density at radius 3 is 2.90 bits per heavy atom. The number of nitrogens with one attached hydrogen (secondary N) is 1. The SMILES string of the molecule is CCCNCc1cnc(C)n1Cc1ccc(Cl)c(F)c1. The lowest BCUT2D eigenvalue weighted by Crippen LogP contribution is -2.17. The number of imidazole rings is 1. The van der Waals surface area contributed by atoms with Gasteiger partial charge < -0.3 is 9.88 Å².